The summed E-state index contributed by atoms with van der Waals surface area (Å²) in [6.45, 7) is 8.00. The zero-order valence-corrected chi connectivity index (χ0v) is 18.3. The Morgan fingerprint density at radius 3 is 2.60 bits per heavy atom. The molecule has 162 valence electrons. The average molecular weight is 412 g/mol. The van der Waals surface area contributed by atoms with Crippen molar-refractivity contribution in [3.05, 3.63) is 56.8 Å². The van der Waals surface area contributed by atoms with E-state index in [0.29, 0.717) is 23.1 Å². The van der Waals surface area contributed by atoms with Crippen LogP contribution in [0.15, 0.2) is 23.3 Å². The van der Waals surface area contributed by atoms with E-state index in [0.717, 1.165) is 48.2 Å². The summed E-state index contributed by atoms with van der Waals surface area (Å²) in [5, 5.41) is 6.42. The number of aromatic nitrogens is 2. The normalized spacial score (nSPS) is 19.9. The Bertz CT molecular complexity index is 961. The minimum Gasteiger partial charge on any atom is -0.381 e. The number of hydrogen-bond acceptors (Lipinski definition) is 5. The van der Waals surface area contributed by atoms with Crippen LogP contribution in [0, 0.1) is 26.7 Å². The van der Waals surface area contributed by atoms with E-state index in [4.69, 9.17) is 5.73 Å². The maximum atomic E-state index is 12.8. The Kier molecular flexibility index (Phi) is 6.92. The first-order valence-electron chi connectivity index (χ1n) is 10.7. The second-order valence-corrected chi connectivity index (χ2v) is 8.59. The van der Waals surface area contributed by atoms with Crippen LogP contribution in [0.2, 0.25) is 0 Å². The molecule has 0 aromatic carbocycles. The van der Waals surface area contributed by atoms with Crippen molar-refractivity contribution in [1.29, 1.82) is 0 Å². The Labute approximate surface area is 177 Å². The number of anilines is 1. The van der Waals surface area contributed by atoms with Crippen LogP contribution >= 0.6 is 0 Å². The lowest BCUT2D eigenvalue weighted by molar-refractivity contribution is 0.0950. The maximum Gasteiger partial charge on any atom is 0.253 e. The van der Waals surface area contributed by atoms with Gasteiger partial charge in [-0.1, -0.05) is 0 Å². The topological polar surface area (TPSA) is 113 Å². The fourth-order valence-electron chi connectivity index (χ4n) is 4.27. The monoisotopic (exact) mass is 411 g/mol. The molecule has 0 spiro atoms. The van der Waals surface area contributed by atoms with E-state index in [1.54, 1.807) is 12.4 Å². The van der Waals surface area contributed by atoms with Gasteiger partial charge in [-0.05, 0) is 76.5 Å². The van der Waals surface area contributed by atoms with Crippen molar-refractivity contribution >= 4 is 11.6 Å². The minimum atomic E-state index is -0.237. The molecule has 0 aliphatic heterocycles. The molecule has 2 heterocycles. The Morgan fingerprint density at radius 1 is 1.23 bits per heavy atom. The molecule has 0 saturated heterocycles. The summed E-state index contributed by atoms with van der Waals surface area (Å²) >= 11 is 0. The largest absolute Gasteiger partial charge is 0.381 e. The average Bonchev–Trinajstić information content (AvgIpc) is 2.69. The minimum absolute atomic E-state index is 0.168. The fourth-order valence-corrected chi connectivity index (χ4v) is 4.27. The molecular formula is C23H33N5O2. The van der Waals surface area contributed by atoms with Gasteiger partial charge < -0.3 is 21.4 Å². The zero-order valence-electron chi connectivity index (χ0n) is 18.3. The summed E-state index contributed by atoms with van der Waals surface area (Å²) in [7, 11) is 0. The van der Waals surface area contributed by atoms with Crippen molar-refractivity contribution in [2.75, 3.05) is 5.32 Å². The molecule has 1 atom stereocenters. The van der Waals surface area contributed by atoms with Gasteiger partial charge in [0.15, 0.2) is 0 Å². The summed E-state index contributed by atoms with van der Waals surface area (Å²) < 4.78 is 0. The highest BCUT2D eigenvalue weighted by atomic mass is 16.1. The van der Waals surface area contributed by atoms with Crippen LogP contribution in [0.5, 0.6) is 0 Å². The molecule has 0 radical (unpaired) electrons. The molecular weight excluding hydrogens is 378 g/mol. The number of pyridine rings is 2. The Morgan fingerprint density at radius 2 is 1.93 bits per heavy atom. The number of nitrogens with zero attached hydrogens (tertiary/aromatic N) is 1. The molecule has 1 unspecified atom stereocenters. The molecule has 2 aromatic heterocycles. The second kappa shape index (κ2) is 9.43. The van der Waals surface area contributed by atoms with Crippen LogP contribution in [0.1, 0.15) is 65.3 Å². The Balaban J connectivity index is 1.68. The van der Waals surface area contributed by atoms with Crippen LogP contribution in [0.3, 0.4) is 0 Å². The number of hydrogen-bond donors (Lipinski definition) is 4. The quantitative estimate of drug-likeness (QED) is 0.584. The number of rotatable bonds is 6. The lowest BCUT2D eigenvalue weighted by atomic mass is 9.82. The fraction of sp³-hybridized carbons (Fsp3) is 0.522. The predicted octanol–water partition coefficient (Wildman–Crippen LogP) is 2.94. The number of aryl methyl sites for hydroxylation is 2. The highest BCUT2D eigenvalue weighted by Gasteiger charge is 2.24. The lowest BCUT2D eigenvalue weighted by Gasteiger charge is -2.32. The first-order valence-corrected chi connectivity index (χ1v) is 10.7. The van der Waals surface area contributed by atoms with E-state index in [1.807, 2.05) is 26.8 Å². The molecule has 1 aliphatic carbocycles. The number of H-pyrrole nitrogens is 1. The smallest absolute Gasteiger partial charge is 0.253 e. The number of amides is 1. The van der Waals surface area contributed by atoms with Crippen molar-refractivity contribution < 1.29 is 4.79 Å². The number of carbonyl (C=O) groups excluding carboxylic acids is 1. The summed E-state index contributed by atoms with van der Waals surface area (Å²) in [5.41, 5.74) is 10.3. The van der Waals surface area contributed by atoms with E-state index in [9.17, 15) is 9.59 Å². The lowest BCUT2D eigenvalue weighted by Crippen LogP contribution is -2.34. The molecule has 7 nitrogen and oxygen atoms in total. The molecule has 30 heavy (non-hydrogen) atoms. The summed E-state index contributed by atoms with van der Waals surface area (Å²) in [6.07, 6.45) is 7.71. The van der Waals surface area contributed by atoms with E-state index in [-0.39, 0.29) is 24.1 Å². The van der Waals surface area contributed by atoms with Gasteiger partial charge in [0.2, 0.25) is 0 Å². The van der Waals surface area contributed by atoms with Gasteiger partial charge in [-0.3, -0.25) is 14.6 Å². The summed E-state index contributed by atoms with van der Waals surface area (Å²) in [6, 6.07) is 2.51. The van der Waals surface area contributed by atoms with Crippen molar-refractivity contribution in [3.8, 4) is 0 Å². The van der Waals surface area contributed by atoms with Gasteiger partial charge in [0, 0.05) is 36.1 Å². The van der Waals surface area contributed by atoms with Crippen LogP contribution in [0.25, 0.3) is 0 Å². The first-order chi connectivity index (χ1) is 14.3. The van der Waals surface area contributed by atoms with Crippen molar-refractivity contribution in [1.82, 2.24) is 15.3 Å². The van der Waals surface area contributed by atoms with E-state index in [1.165, 1.54) is 0 Å². The summed E-state index contributed by atoms with van der Waals surface area (Å²) in [5.74, 6) is 0.331. The molecule has 1 saturated carbocycles. The van der Waals surface area contributed by atoms with Gasteiger partial charge in [0.1, 0.15) is 0 Å². The highest BCUT2D eigenvalue weighted by Crippen LogP contribution is 2.28. The third-order valence-corrected chi connectivity index (χ3v) is 6.29. The molecule has 2 aromatic rings. The number of nitrogens with two attached hydrogens (primary N) is 1. The van der Waals surface area contributed by atoms with Gasteiger partial charge in [0.05, 0.1) is 17.4 Å². The van der Waals surface area contributed by atoms with Gasteiger partial charge in [-0.15, -0.1) is 0 Å². The van der Waals surface area contributed by atoms with Crippen LogP contribution in [0.4, 0.5) is 5.69 Å². The van der Waals surface area contributed by atoms with Crippen LogP contribution in [-0.4, -0.2) is 28.0 Å². The standard InChI is InChI=1S/C23H33N5O2/c1-13-9-14(2)27-23(30)19(13)11-26-22(29)20-10-25-12-21(15(20)3)28-16(4)17-5-7-18(24)8-6-17/h9-10,12,16-18,28H,5-8,11,24H2,1-4H3,(H,26,29)(H,27,30). The van der Waals surface area contributed by atoms with E-state index >= 15 is 0 Å². The molecule has 0 bridgehead atoms. The van der Waals surface area contributed by atoms with Gasteiger partial charge in [-0.25, -0.2) is 0 Å². The highest BCUT2D eigenvalue weighted by molar-refractivity contribution is 5.96. The zero-order chi connectivity index (χ0) is 21.8. The number of nitrogens with one attached hydrogen (secondary N) is 3. The third kappa shape index (κ3) is 5.08. The second-order valence-electron chi connectivity index (χ2n) is 8.59. The van der Waals surface area contributed by atoms with Crippen LogP contribution in [-0.2, 0) is 6.54 Å². The van der Waals surface area contributed by atoms with E-state index < -0.39 is 0 Å². The molecule has 3 rings (SSSR count). The molecule has 7 heteroatoms. The maximum absolute atomic E-state index is 12.8. The molecule has 1 aliphatic rings. The Hall–Kier alpha value is -2.67. The molecule has 5 N–H and O–H groups in total. The van der Waals surface area contributed by atoms with Gasteiger partial charge >= 0.3 is 0 Å². The predicted molar refractivity (Wildman–Crippen MR) is 120 cm³/mol. The van der Waals surface area contributed by atoms with Crippen molar-refractivity contribution in [2.24, 2.45) is 11.7 Å². The van der Waals surface area contributed by atoms with E-state index in [2.05, 4.69) is 27.5 Å². The first kappa shape index (κ1) is 22.0. The van der Waals surface area contributed by atoms with Gasteiger partial charge in [0.25, 0.3) is 11.5 Å². The van der Waals surface area contributed by atoms with Crippen molar-refractivity contribution in [3.63, 3.8) is 0 Å². The van der Waals surface area contributed by atoms with Crippen molar-refractivity contribution in [2.45, 2.75) is 72.0 Å². The van der Waals surface area contributed by atoms with Crippen LogP contribution < -0.4 is 21.9 Å². The number of carbonyl (C=O) groups is 1. The SMILES string of the molecule is Cc1cc(C)c(CNC(=O)c2cncc(NC(C)C3CCC(N)CC3)c2C)c(=O)[nH]1. The van der Waals surface area contributed by atoms with Gasteiger partial charge in [-0.2, -0.15) is 0 Å². The third-order valence-electron chi connectivity index (χ3n) is 6.29. The molecule has 1 amide bonds. The summed E-state index contributed by atoms with van der Waals surface area (Å²) in [4.78, 5) is 32.0. The molecule has 1 fully saturated rings. The number of aromatic amines is 1.